The van der Waals surface area contributed by atoms with E-state index in [4.69, 9.17) is 6.57 Å². The smallest absolute Gasteiger partial charge is 0.271 e. The maximum atomic E-state index is 10.9. The van der Waals surface area contributed by atoms with Crippen LogP contribution in [-0.2, 0) is 0 Å². The topological polar surface area (TPSA) is 101 Å². The molecule has 0 fully saturated rings. The molecule has 0 saturated heterocycles. The SMILES string of the molecule is [C-]#[N+]c1[nH]c(C)c(-c2ccnc(Nc3cccc([N+](=O)[O-])c3)n2)c1C. The number of aromatic amines is 1. The average Bonchev–Trinajstić information content (AvgIpc) is 2.89. The number of nitro groups is 1. The van der Waals surface area contributed by atoms with E-state index in [1.807, 2.05) is 13.8 Å². The first-order valence-corrected chi connectivity index (χ1v) is 7.41. The Hall–Kier alpha value is -3.73. The molecular weight excluding hydrogens is 320 g/mol. The Bertz CT molecular complexity index is 1000. The number of nitrogens with zero attached hydrogens (tertiary/aromatic N) is 4. The normalized spacial score (nSPS) is 10.3. The summed E-state index contributed by atoms with van der Waals surface area (Å²) in [7, 11) is 0. The Morgan fingerprint density at radius 1 is 1.32 bits per heavy atom. The zero-order valence-corrected chi connectivity index (χ0v) is 13.6. The van der Waals surface area contributed by atoms with Gasteiger partial charge in [-0.2, -0.15) is 0 Å². The molecule has 1 aromatic carbocycles. The van der Waals surface area contributed by atoms with E-state index in [9.17, 15) is 10.1 Å². The quantitative estimate of drug-likeness (QED) is 0.421. The van der Waals surface area contributed by atoms with Gasteiger partial charge in [0.05, 0.1) is 16.3 Å². The summed E-state index contributed by atoms with van der Waals surface area (Å²) in [5.41, 5.74) is 3.71. The second-order valence-electron chi connectivity index (χ2n) is 5.41. The molecule has 0 aliphatic heterocycles. The van der Waals surface area contributed by atoms with Crippen LogP contribution >= 0.6 is 0 Å². The van der Waals surface area contributed by atoms with Gasteiger partial charge in [0.15, 0.2) is 0 Å². The molecule has 0 aliphatic carbocycles. The minimum Gasteiger partial charge on any atom is -0.364 e. The molecule has 8 nitrogen and oxygen atoms in total. The fourth-order valence-electron chi connectivity index (χ4n) is 2.61. The number of nitrogens with one attached hydrogen (secondary N) is 2. The van der Waals surface area contributed by atoms with E-state index in [-0.39, 0.29) is 5.69 Å². The fourth-order valence-corrected chi connectivity index (χ4v) is 2.61. The molecule has 2 N–H and O–H groups in total. The van der Waals surface area contributed by atoms with Gasteiger partial charge in [-0.15, -0.1) is 0 Å². The minimum atomic E-state index is -0.457. The van der Waals surface area contributed by atoms with Gasteiger partial charge in [0.1, 0.15) is 0 Å². The van der Waals surface area contributed by atoms with Crippen LogP contribution in [0.15, 0.2) is 36.5 Å². The Balaban J connectivity index is 1.96. The van der Waals surface area contributed by atoms with Crippen molar-refractivity contribution in [2.45, 2.75) is 13.8 Å². The van der Waals surface area contributed by atoms with Crippen LogP contribution in [0.3, 0.4) is 0 Å². The Morgan fingerprint density at radius 2 is 2.12 bits per heavy atom. The largest absolute Gasteiger partial charge is 0.364 e. The minimum absolute atomic E-state index is 0.0137. The van der Waals surface area contributed by atoms with Gasteiger partial charge in [-0.1, -0.05) is 12.6 Å². The van der Waals surface area contributed by atoms with E-state index >= 15 is 0 Å². The molecule has 8 heteroatoms. The van der Waals surface area contributed by atoms with Crippen LogP contribution in [0.5, 0.6) is 0 Å². The van der Waals surface area contributed by atoms with Crippen LogP contribution in [-0.4, -0.2) is 19.9 Å². The van der Waals surface area contributed by atoms with E-state index in [0.717, 1.165) is 16.8 Å². The van der Waals surface area contributed by atoms with E-state index < -0.39 is 4.92 Å². The highest BCUT2D eigenvalue weighted by Crippen LogP contribution is 2.32. The molecule has 3 rings (SSSR count). The molecule has 0 atom stereocenters. The van der Waals surface area contributed by atoms with Crippen LogP contribution in [0, 0.1) is 30.5 Å². The van der Waals surface area contributed by atoms with Crippen molar-refractivity contribution in [2.75, 3.05) is 5.32 Å². The van der Waals surface area contributed by atoms with Crippen molar-refractivity contribution in [3.63, 3.8) is 0 Å². The van der Waals surface area contributed by atoms with Crippen molar-refractivity contribution >= 4 is 23.1 Å². The lowest BCUT2D eigenvalue weighted by molar-refractivity contribution is -0.384. The van der Waals surface area contributed by atoms with Crippen molar-refractivity contribution < 1.29 is 4.92 Å². The van der Waals surface area contributed by atoms with Crippen molar-refractivity contribution in [3.05, 3.63) is 69.3 Å². The molecule has 0 radical (unpaired) electrons. The molecule has 25 heavy (non-hydrogen) atoms. The summed E-state index contributed by atoms with van der Waals surface area (Å²) in [4.78, 5) is 25.5. The van der Waals surface area contributed by atoms with E-state index in [0.29, 0.717) is 23.1 Å². The van der Waals surface area contributed by atoms with Crippen LogP contribution < -0.4 is 5.32 Å². The standard InChI is InChI=1S/C17H14N6O2/c1-10-15(11(2)20-16(10)18-3)14-7-8-19-17(22-14)21-12-5-4-6-13(9-12)23(24)25/h4-9,20H,1-2H3,(H,19,21,22). The van der Waals surface area contributed by atoms with Crippen molar-refractivity contribution in [1.82, 2.24) is 15.0 Å². The number of non-ortho nitro benzene ring substituents is 1. The molecular formula is C17H14N6O2. The third kappa shape index (κ3) is 3.16. The molecule has 124 valence electrons. The van der Waals surface area contributed by atoms with E-state index in [1.165, 1.54) is 12.1 Å². The van der Waals surface area contributed by atoms with Gasteiger partial charge in [0.25, 0.3) is 5.69 Å². The maximum absolute atomic E-state index is 10.9. The molecule has 0 aliphatic rings. The van der Waals surface area contributed by atoms with Crippen molar-refractivity contribution in [3.8, 4) is 11.3 Å². The molecule has 3 aromatic rings. The third-order valence-corrected chi connectivity index (χ3v) is 3.75. The molecule has 0 amide bonds. The summed E-state index contributed by atoms with van der Waals surface area (Å²) in [6, 6.07) is 7.88. The zero-order valence-electron chi connectivity index (χ0n) is 13.6. The Labute approximate surface area is 143 Å². The van der Waals surface area contributed by atoms with Gasteiger partial charge in [0, 0.05) is 29.6 Å². The maximum Gasteiger partial charge on any atom is 0.271 e. The second kappa shape index (κ2) is 6.41. The van der Waals surface area contributed by atoms with E-state index in [2.05, 4.69) is 25.1 Å². The lowest BCUT2D eigenvalue weighted by Crippen LogP contribution is -1.99. The summed E-state index contributed by atoms with van der Waals surface area (Å²) >= 11 is 0. The van der Waals surface area contributed by atoms with Gasteiger partial charge in [0.2, 0.25) is 11.8 Å². The molecule has 0 saturated carbocycles. The van der Waals surface area contributed by atoms with Crippen molar-refractivity contribution in [1.29, 1.82) is 0 Å². The number of H-pyrrole nitrogens is 1. The average molecular weight is 334 g/mol. The number of benzene rings is 1. The number of aryl methyl sites for hydroxylation is 1. The highest BCUT2D eigenvalue weighted by atomic mass is 16.6. The first-order chi connectivity index (χ1) is 12.0. The summed E-state index contributed by atoms with van der Waals surface area (Å²) in [6.07, 6.45) is 1.60. The highest BCUT2D eigenvalue weighted by Gasteiger charge is 2.16. The summed E-state index contributed by atoms with van der Waals surface area (Å²) in [5.74, 6) is 0.807. The fraction of sp³-hybridized carbons (Fsp3) is 0.118. The Morgan fingerprint density at radius 3 is 2.80 bits per heavy atom. The van der Waals surface area contributed by atoms with Crippen LogP contribution in [0.25, 0.3) is 16.1 Å². The third-order valence-electron chi connectivity index (χ3n) is 3.75. The summed E-state index contributed by atoms with van der Waals surface area (Å²) < 4.78 is 0. The zero-order chi connectivity index (χ0) is 18.0. The van der Waals surface area contributed by atoms with Gasteiger partial charge in [-0.25, -0.2) is 9.97 Å². The molecule has 0 unspecified atom stereocenters. The van der Waals surface area contributed by atoms with Crippen LogP contribution in [0.1, 0.15) is 11.3 Å². The lowest BCUT2D eigenvalue weighted by Gasteiger charge is -2.07. The van der Waals surface area contributed by atoms with E-state index in [1.54, 1.807) is 24.4 Å². The molecule has 0 spiro atoms. The molecule has 0 bridgehead atoms. The monoisotopic (exact) mass is 334 g/mol. The van der Waals surface area contributed by atoms with Gasteiger partial charge in [-0.05, 0) is 31.5 Å². The first-order valence-electron chi connectivity index (χ1n) is 7.41. The number of nitro benzene ring substituents is 1. The van der Waals surface area contributed by atoms with Gasteiger partial charge in [-0.3, -0.25) is 10.1 Å². The first kappa shape index (κ1) is 16.1. The number of anilines is 2. The predicted octanol–water partition coefficient (Wildman–Crippen LogP) is 4.29. The predicted molar refractivity (Wildman–Crippen MR) is 93.9 cm³/mol. The van der Waals surface area contributed by atoms with Gasteiger partial charge >= 0.3 is 0 Å². The van der Waals surface area contributed by atoms with Crippen LogP contribution in [0.2, 0.25) is 0 Å². The summed E-state index contributed by atoms with van der Waals surface area (Å²) in [6.45, 7) is 10.9. The number of rotatable bonds is 4. The highest BCUT2D eigenvalue weighted by molar-refractivity contribution is 5.74. The number of hydrogen-bond acceptors (Lipinski definition) is 5. The van der Waals surface area contributed by atoms with Crippen LogP contribution in [0.4, 0.5) is 23.1 Å². The van der Waals surface area contributed by atoms with Crippen molar-refractivity contribution in [2.24, 2.45) is 0 Å². The molecule has 2 heterocycles. The number of hydrogen-bond donors (Lipinski definition) is 2. The Kier molecular flexibility index (Phi) is 4.14. The number of aromatic nitrogens is 3. The summed E-state index contributed by atoms with van der Waals surface area (Å²) in [5, 5.41) is 13.8. The second-order valence-corrected chi connectivity index (χ2v) is 5.41. The molecule has 2 aromatic heterocycles. The lowest BCUT2D eigenvalue weighted by atomic mass is 10.1. The van der Waals surface area contributed by atoms with Gasteiger partial charge < -0.3 is 15.1 Å².